The van der Waals surface area contributed by atoms with Gasteiger partial charge in [0.1, 0.15) is 5.41 Å². The molecule has 1 aliphatic rings. The Kier molecular flexibility index (Phi) is 3.24. The molecule has 0 spiro atoms. The van der Waals surface area contributed by atoms with Crippen LogP contribution in [0.4, 0.5) is 0 Å². The van der Waals surface area contributed by atoms with Crippen LogP contribution >= 0.6 is 0 Å². The minimum Gasteiger partial charge on any atom is -0.481 e. The van der Waals surface area contributed by atoms with Crippen LogP contribution in [0.15, 0.2) is 12.7 Å². The summed E-state index contributed by atoms with van der Waals surface area (Å²) in [5, 5.41) is 9.50. The number of ether oxygens (including phenoxy) is 1. The van der Waals surface area contributed by atoms with Crippen molar-refractivity contribution < 1.29 is 14.6 Å². The molecule has 3 heteroatoms. The molecule has 1 saturated carbocycles. The fourth-order valence-electron chi connectivity index (χ4n) is 2.73. The molecule has 0 amide bonds. The first-order valence-electron chi connectivity index (χ1n) is 5.32. The lowest BCUT2D eigenvalue weighted by Crippen LogP contribution is -2.49. The van der Waals surface area contributed by atoms with E-state index in [1.165, 1.54) is 0 Å². The van der Waals surface area contributed by atoms with Gasteiger partial charge in [-0.05, 0) is 19.3 Å². The number of methoxy groups -OCH3 is 1. The molecule has 0 aliphatic heterocycles. The highest BCUT2D eigenvalue weighted by Gasteiger charge is 2.57. The first-order valence-corrected chi connectivity index (χ1v) is 5.32. The lowest BCUT2D eigenvalue weighted by molar-refractivity contribution is -0.165. The topological polar surface area (TPSA) is 46.5 Å². The number of carboxylic acids is 1. The highest BCUT2D eigenvalue weighted by atomic mass is 16.5. The average molecular weight is 212 g/mol. The maximum absolute atomic E-state index is 11.6. The molecule has 0 bridgehead atoms. The summed E-state index contributed by atoms with van der Waals surface area (Å²) >= 11 is 0. The molecule has 1 aliphatic carbocycles. The van der Waals surface area contributed by atoms with Gasteiger partial charge in [-0.25, -0.2) is 0 Å². The largest absolute Gasteiger partial charge is 0.481 e. The summed E-state index contributed by atoms with van der Waals surface area (Å²) in [5.41, 5.74) is -1.26. The van der Waals surface area contributed by atoms with Gasteiger partial charge in [0, 0.05) is 12.5 Å². The fourth-order valence-corrected chi connectivity index (χ4v) is 2.73. The van der Waals surface area contributed by atoms with Gasteiger partial charge in [0.05, 0.1) is 6.10 Å². The predicted octanol–water partition coefficient (Wildman–Crippen LogP) is 2.47. The highest BCUT2D eigenvalue weighted by Crippen LogP contribution is 2.53. The van der Waals surface area contributed by atoms with Crippen molar-refractivity contribution in [3.05, 3.63) is 12.7 Å². The summed E-state index contributed by atoms with van der Waals surface area (Å²) in [6.45, 7) is 7.60. The number of aliphatic carboxylic acids is 1. The minimum absolute atomic E-state index is 0.206. The van der Waals surface area contributed by atoms with E-state index in [0.29, 0.717) is 6.42 Å². The van der Waals surface area contributed by atoms with Crippen LogP contribution in [0.1, 0.15) is 33.1 Å². The van der Waals surface area contributed by atoms with Crippen molar-refractivity contribution in [1.29, 1.82) is 0 Å². The maximum atomic E-state index is 11.6. The standard InChI is InChI=1S/C12H20O3/c1-5-11(2,3)12(10(13)14)8-6-7-9(12)15-4/h5,9H,1,6-8H2,2-4H3,(H,13,14)/t9-,12-/m0/s1. The lowest BCUT2D eigenvalue weighted by atomic mass is 9.63. The first-order chi connectivity index (χ1) is 6.92. The molecule has 86 valence electrons. The summed E-state index contributed by atoms with van der Waals surface area (Å²) in [6.07, 6.45) is 3.92. The van der Waals surface area contributed by atoms with Crippen LogP contribution in [-0.4, -0.2) is 24.3 Å². The van der Waals surface area contributed by atoms with Crippen LogP contribution in [0.3, 0.4) is 0 Å². The highest BCUT2D eigenvalue weighted by molar-refractivity contribution is 5.77. The molecule has 0 heterocycles. The van der Waals surface area contributed by atoms with Crippen LogP contribution in [-0.2, 0) is 9.53 Å². The first kappa shape index (κ1) is 12.2. The van der Waals surface area contributed by atoms with Gasteiger partial charge in [0.25, 0.3) is 0 Å². The molecule has 0 unspecified atom stereocenters. The lowest BCUT2D eigenvalue weighted by Gasteiger charge is -2.42. The van der Waals surface area contributed by atoms with Crippen LogP contribution in [0.25, 0.3) is 0 Å². The van der Waals surface area contributed by atoms with Crippen molar-refractivity contribution in [2.45, 2.75) is 39.2 Å². The van der Waals surface area contributed by atoms with Crippen molar-refractivity contribution in [2.75, 3.05) is 7.11 Å². The molecule has 0 radical (unpaired) electrons. The van der Waals surface area contributed by atoms with Crippen LogP contribution in [0.2, 0.25) is 0 Å². The molecule has 1 fully saturated rings. The Bertz CT molecular complexity index is 270. The zero-order chi connectivity index (χ0) is 11.7. The Morgan fingerprint density at radius 2 is 2.27 bits per heavy atom. The molecule has 3 nitrogen and oxygen atoms in total. The van der Waals surface area contributed by atoms with Crippen molar-refractivity contribution >= 4 is 5.97 Å². The van der Waals surface area contributed by atoms with Crippen molar-refractivity contribution in [3.8, 4) is 0 Å². The van der Waals surface area contributed by atoms with E-state index in [-0.39, 0.29) is 6.10 Å². The van der Waals surface area contributed by atoms with Gasteiger partial charge >= 0.3 is 5.97 Å². The monoisotopic (exact) mass is 212 g/mol. The van der Waals surface area contributed by atoms with Gasteiger partial charge in [-0.1, -0.05) is 19.9 Å². The predicted molar refractivity (Wildman–Crippen MR) is 58.7 cm³/mol. The molecule has 0 aromatic carbocycles. The molecule has 15 heavy (non-hydrogen) atoms. The quantitative estimate of drug-likeness (QED) is 0.728. The smallest absolute Gasteiger partial charge is 0.313 e. The zero-order valence-electron chi connectivity index (χ0n) is 9.75. The van der Waals surface area contributed by atoms with E-state index in [1.807, 2.05) is 13.8 Å². The second kappa shape index (κ2) is 3.97. The van der Waals surface area contributed by atoms with Gasteiger partial charge in [-0.15, -0.1) is 6.58 Å². The minimum atomic E-state index is -0.816. The molecule has 0 aromatic heterocycles. The third-order valence-corrected chi connectivity index (χ3v) is 3.91. The van der Waals surface area contributed by atoms with Crippen molar-refractivity contribution in [1.82, 2.24) is 0 Å². The number of rotatable bonds is 4. The van der Waals surface area contributed by atoms with E-state index in [9.17, 15) is 9.90 Å². The molecule has 1 N–H and O–H groups in total. The van der Waals surface area contributed by atoms with Gasteiger partial charge in [-0.2, -0.15) is 0 Å². The van der Waals surface area contributed by atoms with Gasteiger partial charge in [0.2, 0.25) is 0 Å². The van der Waals surface area contributed by atoms with Gasteiger partial charge < -0.3 is 9.84 Å². The van der Waals surface area contributed by atoms with E-state index in [1.54, 1.807) is 13.2 Å². The number of hydrogen-bond acceptors (Lipinski definition) is 2. The molecular formula is C12H20O3. The van der Waals surface area contributed by atoms with Gasteiger partial charge in [0.15, 0.2) is 0 Å². The second-order valence-electron chi connectivity index (χ2n) is 4.82. The van der Waals surface area contributed by atoms with Crippen molar-refractivity contribution in [3.63, 3.8) is 0 Å². The number of allylic oxidation sites excluding steroid dienone is 1. The van der Waals surface area contributed by atoms with E-state index in [4.69, 9.17) is 4.74 Å². The SMILES string of the molecule is C=CC(C)(C)[C@@]1(C(=O)O)CCC[C@@H]1OC. The van der Waals surface area contributed by atoms with Gasteiger partial charge in [-0.3, -0.25) is 4.79 Å². The third-order valence-electron chi connectivity index (χ3n) is 3.91. The molecule has 0 aromatic rings. The number of hydrogen-bond donors (Lipinski definition) is 1. The summed E-state index contributed by atoms with van der Waals surface area (Å²) in [4.78, 5) is 11.6. The normalized spacial score (nSPS) is 31.5. The van der Waals surface area contributed by atoms with Crippen LogP contribution in [0.5, 0.6) is 0 Å². The van der Waals surface area contributed by atoms with E-state index in [2.05, 4.69) is 6.58 Å². The summed E-state index contributed by atoms with van der Waals surface area (Å²) < 4.78 is 5.35. The Morgan fingerprint density at radius 1 is 1.67 bits per heavy atom. The second-order valence-corrected chi connectivity index (χ2v) is 4.82. The molecule has 2 atom stereocenters. The number of carboxylic acid groups (broad SMARTS) is 1. The summed E-state index contributed by atoms with van der Waals surface area (Å²) in [6, 6.07) is 0. The molecule has 1 rings (SSSR count). The third kappa shape index (κ3) is 1.59. The molecular weight excluding hydrogens is 192 g/mol. The van der Waals surface area contributed by atoms with Crippen molar-refractivity contribution in [2.24, 2.45) is 10.8 Å². The van der Waals surface area contributed by atoms with Crippen LogP contribution in [0, 0.1) is 10.8 Å². The Labute approximate surface area is 91.1 Å². The van der Waals surface area contributed by atoms with Crippen LogP contribution < -0.4 is 0 Å². The Hall–Kier alpha value is -0.830. The molecule has 0 saturated heterocycles. The van der Waals surface area contributed by atoms with E-state index in [0.717, 1.165) is 12.8 Å². The summed E-state index contributed by atoms with van der Waals surface area (Å²) in [5.74, 6) is -0.767. The van der Waals surface area contributed by atoms with E-state index < -0.39 is 16.8 Å². The Balaban J connectivity index is 3.19. The summed E-state index contributed by atoms with van der Waals surface area (Å²) in [7, 11) is 1.59. The Morgan fingerprint density at radius 3 is 2.67 bits per heavy atom. The number of carbonyl (C=O) groups is 1. The fraction of sp³-hybridized carbons (Fsp3) is 0.750. The maximum Gasteiger partial charge on any atom is 0.313 e. The average Bonchev–Trinajstić information content (AvgIpc) is 2.62. The zero-order valence-corrected chi connectivity index (χ0v) is 9.75. The van der Waals surface area contributed by atoms with E-state index >= 15 is 0 Å².